The highest BCUT2D eigenvalue weighted by molar-refractivity contribution is 7.26. The van der Waals surface area contributed by atoms with E-state index >= 15 is 0 Å². The van der Waals surface area contributed by atoms with Crippen molar-refractivity contribution in [2.45, 2.75) is 6.92 Å². The van der Waals surface area contributed by atoms with Crippen LogP contribution in [0.15, 0.2) is 18.5 Å². The van der Waals surface area contributed by atoms with Crippen molar-refractivity contribution in [2.24, 2.45) is 0 Å². The first-order valence-electron chi connectivity index (χ1n) is 6.35. The van der Waals surface area contributed by atoms with Crippen LogP contribution in [-0.2, 0) is 4.79 Å². The molecule has 3 rings (SSSR count). The Balaban J connectivity index is 2.18. The van der Waals surface area contributed by atoms with Crippen LogP contribution in [0, 0.1) is 6.92 Å². The molecule has 0 saturated heterocycles. The van der Waals surface area contributed by atoms with Gasteiger partial charge in [-0.05, 0) is 13.0 Å². The quantitative estimate of drug-likeness (QED) is 0.677. The van der Waals surface area contributed by atoms with Crippen molar-refractivity contribution in [3.05, 3.63) is 29.8 Å². The van der Waals surface area contributed by atoms with Gasteiger partial charge in [-0.15, -0.1) is 11.3 Å². The monoisotopic (exact) mass is 317 g/mol. The highest BCUT2D eigenvalue weighted by Gasteiger charge is 2.21. The third-order valence-corrected chi connectivity index (χ3v) is 4.34. The normalized spacial score (nSPS) is 11.0. The molecular weight excluding hydrogens is 306 g/mol. The van der Waals surface area contributed by atoms with E-state index < -0.39 is 18.4 Å². The fraction of sp³-hybridized carbons (Fsp3) is 0.143. The second-order valence-electron chi connectivity index (χ2n) is 4.65. The average molecular weight is 317 g/mol. The van der Waals surface area contributed by atoms with E-state index in [4.69, 9.17) is 5.11 Å². The summed E-state index contributed by atoms with van der Waals surface area (Å²) in [7, 11) is 0. The molecule has 8 heteroatoms. The SMILES string of the molecule is Cc1nc(C(=O)NCC(=O)O)c(O)c2sc3cnccc3c12. The van der Waals surface area contributed by atoms with Crippen molar-refractivity contribution in [3.8, 4) is 5.75 Å². The molecule has 3 N–H and O–H groups in total. The number of carbonyl (C=O) groups excluding carboxylic acids is 1. The first-order chi connectivity index (χ1) is 10.5. The molecule has 0 fully saturated rings. The Kier molecular flexibility index (Phi) is 3.38. The molecule has 0 atom stereocenters. The number of amides is 1. The second-order valence-corrected chi connectivity index (χ2v) is 5.70. The number of aromatic nitrogens is 2. The van der Waals surface area contributed by atoms with Gasteiger partial charge in [-0.1, -0.05) is 0 Å². The number of pyridine rings is 2. The molecule has 112 valence electrons. The topological polar surface area (TPSA) is 112 Å². The summed E-state index contributed by atoms with van der Waals surface area (Å²) in [5, 5.41) is 22.8. The van der Waals surface area contributed by atoms with Crippen LogP contribution in [0.2, 0.25) is 0 Å². The van der Waals surface area contributed by atoms with E-state index in [0.29, 0.717) is 10.4 Å². The van der Waals surface area contributed by atoms with Crippen LogP contribution in [0.4, 0.5) is 0 Å². The zero-order chi connectivity index (χ0) is 15.9. The maximum absolute atomic E-state index is 12.0. The summed E-state index contributed by atoms with van der Waals surface area (Å²) in [5.41, 5.74) is 0.413. The molecule has 3 aromatic heterocycles. The number of carboxylic acid groups (broad SMARTS) is 1. The molecule has 7 nitrogen and oxygen atoms in total. The van der Waals surface area contributed by atoms with Gasteiger partial charge in [-0.3, -0.25) is 14.6 Å². The van der Waals surface area contributed by atoms with Crippen LogP contribution in [-0.4, -0.2) is 38.6 Å². The highest BCUT2D eigenvalue weighted by Crippen LogP contribution is 2.40. The maximum atomic E-state index is 12.0. The lowest BCUT2D eigenvalue weighted by Crippen LogP contribution is -2.30. The van der Waals surface area contributed by atoms with E-state index in [0.717, 1.165) is 15.5 Å². The van der Waals surface area contributed by atoms with Crippen LogP contribution in [0.1, 0.15) is 16.2 Å². The molecule has 0 spiro atoms. The minimum Gasteiger partial charge on any atom is -0.504 e. The van der Waals surface area contributed by atoms with Gasteiger partial charge in [0.2, 0.25) is 0 Å². The first kappa shape index (κ1) is 14.2. The summed E-state index contributed by atoms with van der Waals surface area (Å²) >= 11 is 1.31. The fourth-order valence-corrected chi connectivity index (χ4v) is 3.43. The molecule has 22 heavy (non-hydrogen) atoms. The number of carboxylic acids is 1. The summed E-state index contributed by atoms with van der Waals surface area (Å²) in [6, 6.07) is 1.83. The Labute approximate surface area is 128 Å². The van der Waals surface area contributed by atoms with Gasteiger partial charge < -0.3 is 15.5 Å². The predicted octanol–water partition coefficient (Wildman–Crippen LogP) is 1.67. The number of nitrogens with zero attached hydrogens (tertiary/aromatic N) is 2. The summed E-state index contributed by atoms with van der Waals surface area (Å²) in [6.07, 6.45) is 3.33. The third kappa shape index (κ3) is 2.23. The van der Waals surface area contributed by atoms with Crippen LogP contribution >= 0.6 is 11.3 Å². The molecule has 3 heterocycles. The summed E-state index contributed by atoms with van der Waals surface area (Å²) in [6.45, 7) is 1.20. The van der Waals surface area contributed by atoms with Gasteiger partial charge in [0.1, 0.15) is 6.54 Å². The van der Waals surface area contributed by atoms with E-state index in [1.165, 1.54) is 11.3 Å². The van der Waals surface area contributed by atoms with Gasteiger partial charge in [-0.25, -0.2) is 4.98 Å². The molecule has 0 unspecified atom stereocenters. The molecule has 1 amide bonds. The van der Waals surface area contributed by atoms with Gasteiger partial charge in [0, 0.05) is 28.9 Å². The number of hydrogen-bond acceptors (Lipinski definition) is 6. The number of carbonyl (C=O) groups is 2. The van der Waals surface area contributed by atoms with E-state index in [1.54, 1.807) is 19.3 Å². The lowest BCUT2D eigenvalue weighted by Gasteiger charge is -2.07. The zero-order valence-corrected chi connectivity index (χ0v) is 12.3. The Morgan fingerprint density at radius 1 is 1.41 bits per heavy atom. The lowest BCUT2D eigenvalue weighted by molar-refractivity contribution is -0.135. The van der Waals surface area contributed by atoms with Crippen molar-refractivity contribution in [2.75, 3.05) is 6.54 Å². The highest BCUT2D eigenvalue weighted by atomic mass is 32.1. The molecule has 0 saturated carbocycles. The van der Waals surface area contributed by atoms with Crippen molar-refractivity contribution < 1.29 is 19.8 Å². The summed E-state index contributed by atoms with van der Waals surface area (Å²) < 4.78 is 1.41. The van der Waals surface area contributed by atoms with Crippen molar-refractivity contribution in [1.82, 2.24) is 15.3 Å². The number of aromatic hydroxyl groups is 1. The average Bonchev–Trinajstić information content (AvgIpc) is 2.88. The number of hydrogen-bond donors (Lipinski definition) is 3. The smallest absolute Gasteiger partial charge is 0.322 e. The fourth-order valence-electron chi connectivity index (χ4n) is 2.26. The number of aliphatic carboxylic acids is 1. The molecule has 0 aliphatic heterocycles. The van der Waals surface area contributed by atoms with E-state index in [9.17, 15) is 14.7 Å². The molecule has 0 bridgehead atoms. The summed E-state index contributed by atoms with van der Waals surface area (Å²) in [4.78, 5) is 30.7. The summed E-state index contributed by atoms with van der Waals surface area (Å²) in [5.74, 6) is -2.14. The lowest BCUT2D eigenvalue weighted by atomic mass is 10.1. The van der Waals surface area contributed by atoms with E-state index in [2.05, 4.69) is 15.3 Å². The van der Waals surface area contributed by atoms with Gasteiger partial charge >= 0.3 is 5.97 Å². The van der Waals surface area contributed by atoms with Crippen LogP contribution in [0.3, 0.4) is 0 Å². The van der Waals surface area contributed by atoms with Crippen LogP contribution < -0.4 is 5.32 Å². The van der Waals surface area contributed by atoms with Gasteiger partial charge in [0.25, 0.3) is 5.91 Å². The first-order valence-corrected chi connectivity index (χ1v) is 7.16. The number of nitrogens with one attached hydrogen (secondary N) is 1. The van der Waals surface area contributed by atoms with Crippen LogP contribution in [0.5, 0.6) is 5.75 Å². The Hall–Kier alpha value is -2.74. The van der Waals surface area contributed by atoms with Gasteiger partial charge in [-0.2, -0.15) is 0 Å². The van der Waals surface area contributed by atoms with Crippen LogP contribution in [0.25, 0.3) is 20.2 Å². The molecule has 0 aliphatic rings. The van der Waals surface area contributed by atoms with E-state index in [-0.39, 0.29) is 11.4 Å². The molecule has 0 aliphatic carbocycles. The third-order valence-electron chi connectivity index (χ3n) is 3.19. The van der Waals surface area contributed by atoms with Crippen molar-refractivity contribution in [3.63, 3.8) is 0 Å². The number of fused-ring (bicyclic) bond motifs is 3. The Morgan fingerprint density at radius 2 is 2.18 bits per heavy atom. The molecular formula is C14H11N3O4S. The second kappa shape index (κ2) is 5.23. The standard InChI is InChI=1S/C14H11N3O4S/c1-6-10-7-2-3-15-4-8(7)22-13(10)12(20)11(17-6)14(21)16-5-9(18)19/h2-4,20H,5H2,1H3,(H,16,21)(H,18,19). The maximum Gasteiger partial charge on any atom is 0.322 e. The Bertz CT molecular complexity index is 919. The minimum absolute atomic E-state index is 0.175. The van der Waals surface area contributed by atoms with Gasteiger partial charge in [0.15, 0.2) is 11.4 Å². The number of thiophene rings is 1. The number of aryl methyl sites for hydroxylation is 1. The zero-order valence-electron chi connectivity index (χ0n) is 11.5. The largest absolute Gasteiger partial charge is 0.504 e. The van der Waals surface area contributed by atoms with Crippen molar-refractivity contribution in [1.29, 1.82) is 0 Å². The molecule has 0 radical (unpaired) electrons. The van der Waals surface area contributed by atoms with Crippen molar-refractivity contribution >= 4 is 43.4 Å². The molecule has 3 aromatic rings. The Morgan fingerprint density at radius 3 is 2.91 bits per heavy atom. The number of rotatable bonds is 3. The minimum atomic E-state index is -1.17. The van der Waals surface area contributed by atoms with E-state index in [1.807, 2.05) is 6.07 Å². The predicted molar refractivity (Wildman–Crippen MR) is 81.3 cm³/mol. The molecule has 0 aromatic carbocycles. The van der Waals surface area contributed by atoms with Gasteiger partial charge in [0.05, 0.1) is 9.40 Å².